The molecule has 2 saturated heterocycles. The second-order valence-electron chi connectivity index (χ2n) is 11.5. The minimum absolute atomic E-state index is 0.118. The third-order valence-corrected chi connectivity index (χ3v) is 9.26. The van der Waals surface area contributed by atoms with Crippen LogP contribution in [0, 0.1) is 5.41 Å². The summed E-state index contributed by atoms with van der Waals surface area (Å²) < 4.78 is 8.36. The van der Waals surface area contributed by atoms with Gasteiger partial charge in [0.1, 0.15) is 24.7 Å². The molecule has 1 spiro atoms. The molecule has 0 bridgehead atoms. The van der Waals surface area contributed by atoms with E-state index in [-0.39, 0.29) is 17.4 Å². The van der Waals surface area contributed by atoms with Gasteiger partial charge in [0, 0.05) is 26.1 Å². The highest BCUT2D eigenvalue weighted by atomic mass is 16.5. The number of ether oxygens (including phenoxy) is 1. The predicted octanol–water partition coefficient (Wildman–Crippen LogP) is 5.00. The molecule has 0 unspecified atom stereocenters. The van der Waals surface area contributed by atoms with Crippen LogP contribution in [-0.2, 0) is 29.0 Å². The average molecular weight is 529 g/mol. The largest absolute Gasteiger partial charge is 0.491 e. The Bertz CT molecular complexity index is 1340. The van der Waals surface area contributed by atoms with Crippen molar-refractivity contribution in [1.82, 2.24) is 19.4 Å². The first-order valence-electron chi connectivity index (χ1n) is 14.8. The summed E-state index contributed by atoms with van der Waals surface area (Å²) in [7, 11) is 0. The highest BCUT2D eigenvalue weighted by molar-refractivity contribution is 5.85. The van der Waals surface area contributed by atoms with Crippen LogP contribution in [0.5, 0.6) is 5.75 Å². The number of carbonyl (C=O) groups excluding carboxylic acids is 2. The quantitative estimate of drug-likeness (QED) is 0.480. The van der Waals surface area contributed by atoms with Gasteiger partial charge in [-0.05, 0) is 68.7 Å². The summed E-state index contributed by atoms with van der Waals surface area (Å²) in [5, 5.41) is 0. The molecular weight excluding hydrogens is 488 g/mol. The summed E-state index contributed by atoms with van der Waals surface area (Å²) >= 11 is 0. The molecule has 3 aromatic rings. The normalized spacial score (nSPS) is 21.7. The third kappa shape index (κ3) is 5.04. The van der Waals surface area contributed by atoms with Crippen molar-refractivity contribution in [3.63, 3.8) is 0 Å². The molecule has 2 amide bonds. The van der Waals surface area contributed by atoms with Gasteiger partial charge in [-0.3, -0.25) is 9.59 Å². The highest BCUT2D eigenvalue weighted by Crippen LogP contribution is 2.41. The molecule has 6 rings (SSSR count). The number of amides is 2. The van der Waals surface area contributed by atoms with Gasteiger partial charge < -0.3 is 19.1 Å². The molecule has 0 saturated carbocycles. The molecule has 206 valence electrons. The molecule has 1 atom stereocenters. The van der Waals surface area contributed by atoms with Crippen molar-refractivity contribution >= 4 is 22.8 Å². The van der Waals surface area contributed by atoms with Crippen molar-refractivity contribution in [2.75, 3.05) is 26.2 Å². The average Bonchev–Trinajstić information content (AvgIpc) is 3.58. The summed E-state index contributed by atoms with van der Waals surface area (Å²) in [6.45, 7) is 5.02. The first-order chi connectivity index (χ1) is 19.1. The number of likely N-dealkylation sites (tertiary alicyclic amines) is 1. The first kappa shape index (κ1) is 25.9. The Balaban J connectivity index is 1.18. The lowest BCUT2D eigenvalue weighted by Crippen LogP contribution is -2.53. The zero-order chi connectivity index (χ0) is 26.8. The molecular formula is C32H40N4O3. The van der Waals surface area contributed by atoms with Crippen molar-refractivity contribution in [3.05, 3.63) is 59.9 Å². The van der Waals surface area contributed by atoms with Crippen LogP contribution in [0.25, 0.3) is 11.0 Å². The summed E-state index contributed by atoms with van der Waals surface area (Å²) in [6.07, 6.45) is 8.19. The predicted molar refractivity (Wildman–Crippen MR) is 152 cm³/mol. The lowest BCUT2D eigenvalue weighted by molar-refractivity contribution is -0.150. The summed E-state index contributed by atoms with van der Waals surface area (Å²) in [6, 6.07) is 16.5. The Morgan fingerprint density at radius 1 is 1.00 bits per heavy atom. The van der Waals surface area contributed by atoms with Crippen LogP contribution in [0.1, 0.15) is 63.3 Å². The Kier molecular flexibility index (Phi) is 7.32. The smallest absolute Gasteiger partial charge is 0.242 e. The van der Waals surface area contributed by atoms with Crippen LogP contribution in [0.4, 0.5) is 0 Å². The first-order valence-corrected chi connectivity index (χ1v) is 14.8. The lowest BCUT2D eigenvalue weighted by atomic mass is 9.73. The van der Waals surface area contributed by atoms with Crippen LogP contribution in [0.3, 0.4) is 0 Å². The number of nitrogens with zero attached hydrogens (tertiary/aromatic N) is 4. The molecule has 7 heteroatoms. The Labute approximate surface area is 231 Å². The van der Waals surface area contributed by atoms with Gasteiger partial charge in [0.2, 0.25) is 11.8 Å². The number of fused-ring (bicyclic) bond motifs is 3. The van der Waals surface area contributed by atoms with E-state index in [1.807, 2.05) is 35.2 Å². The Morgan fingerprint density at radius 2 is 1.79 bits per heavy atom. The second-order valence-corrected chi connectivity index (χ2v) is 11.5. The van der Waals surface area contributed by atoms with Crippen molar-refractivity contribution < 1.29 is 14.3 Å². The van der Waals surface area contributed by atoms with E-state index in [1.165, 1.54) is 5.56 Å². The lowest BCUT2D eigenvalue weighted by Gasteiger charge is -2.44. The van der Waals surface area contributed by atoms with Crippen molar-refractivity contribution in [3.8, 4) is 5.75 Å². The zero-order valence-corrected chi connectivity index (χ0v) is 23.1. The van der Waals surface area contributed by atoms with E-state index in [1.54, 1.807) is 0 Å². The van der Waals surface area contributed by atoms with Gasteiger partial charge in [0.05, 0.1) is 22.5 Å². The standard InChI is InChI=1S/C32H40N4O3/c1-2-29-33-26-13-4-5-14-27(26)36(29)22-30(37)34-20-17-32(18-21-34)16-8-7-11-24-10-3-6-15-28(24)39-23-25-12-9-19-35(25)31(32)38/h3-6,10,13-15,25H,2,7-9,11-12,16-23H2,1H3/t25-/m0/s1. The number of para-hydroxylation sites is 3. The molecule has 1 aromatic heterocycles. The van der Waals surface area contributed by atoms with Crippen molar-refractivity contribution in [2.24, 2.45) is 5.41 Å². The maximum Gasteiger partial charge on any atom is 0.242 e. The van der Waals surface area contributed by atoms with Crippen LogP contribution in [0.2, 0.25) is 0 Å². The van der Waals surface area contributed by atoms with E-state index in [2.05, 4.69) is 34.6 Å². The van der Waals surface area contributed by atoms with Gasteiger partial charge >= 0.3 is 0 Å². The number of aromatic nitrogens is 2. The molecule has 39 heavy (non-hydrogen) atoms. The van der Waals surface area contributed by atoms with Crippen LogP contribution < -0.4 is 4.74 Å². The van der Waals surface area contributed by atoms with Gasteiger partial charge in [0.15, 0.2) is 0 Å². The van der Waals surface area contributed by atoms with E-state index < -0.39 is 0 Å². The number of hydrogen-bond donors (Lipinski definition) is 0. The molecule has 3 aliphatic rings. The van der Waals surface area contributed by atoms with Crippen LogP contribution in [-0.4, -0.2) is 63.4 Å². The Morgan fingerprint density at radius 3 is 2.64 bits per heavy atom. The number of carbonyl (C=O) groups is 2. The highest BCUT2D eigenvalue weighted by Gasteiger charge is 2.46. The molecule has 4 heterocycles. The van der Waals surface area contributed by atoms with E-state index in [0.717, 1.165) is 86.9 Å². The number of rotatable bonds is 3. The number of aryl methyl sites for hydroxylation is 2. The molecule has 3 aliphatic heterocycles. The molecule has 0 radical (unpaired) electrons. The monoisotopic (exact) mass is 528 g/mol. The van der Waals surface area contributed by atoms with Crippen molar-refractivity contribution in [2.45, 2.75) is 77.3 Å². The van der Waals surface area contributed by atoms with Gasteiger partial charge in [0.25, 0.3) is 0 Å². The van der Waals surface area contributed by atoms with E-state index in [4.69, 9.17) is 9.72 Å². The summed E-state index contributed by atoms with van der Waals surface area (Å²) in [4.78, 5) is 36.5. The third-order valence-electron chi connectivity index (χ3n) is 9.26. The van der Waals surface area contributed by atoms with E-state index >= 15 is 0 Å². The SMILES string of the molecule is CCc1nc2ccccc2n1CC(=O)N1CCC2(CCCCc3ccccc3OC[C@@H]3CCCN3C2=O)CC1. The zero-order valence-electron chi connectivity index (χ0n) is 23.1. The number of imidazole rings is 1. The molecule has 7 nitrogen and oxygen atoms in total. The number of benzene rings is 2. The number of piperidine rings is 1. The second kappa shape index (κ2) is 11.0. The molecule has 0 N–H and O–H groups in total. The fraction of sp³-hybridized carbons (Fsp3) is 0.531. The fourth-order valence-electron chi connectivity index (χ4n) is 6.96. The molecule has 2 aromatic carbocycles. The van der Waals surface area contributed by atoms with Crippen LogP contribution in [0.15, 0.2) is 48.5 Å². The van der Waals surface area contributed by atoms with E-state index in [9.17, 15) is 9.59 Å². The minimum atomic E-state index is -0.381. The maximum absolute atomic E-state index is 14.2. The maximum atomic E-state index is 14.2. The fourth-order valence-corrected chi connectivity index (χ4v) is 6.96. The Hall–Kier alpha value is -3.35. The minimum Gasteiger partial charge on any atom is -0.491 e. The van der Waals surface area contributed by atoms with Gasteiger partial charge in [-0.25, -0.2) is 4.98 Å². The summed E-state index contributed by atoms with van der Waals surface area (Å²) in [5.74, 6) is 2.32. The molecule has 0 aliphatic carbocycles. The van der Waals surface area contributed by atoms with Gasteiger partial charge in [-0.1, -0.05) is 43.7 Å². The van der Waals surface area contributed by atoms with Crippen molar-refractivity contribution in [1.29, 1.82) is 0 Å². The topological polar surface area (TPSA) is 67.7 Å². The van der Waals surface area contributed by atoms with Gasteiger partial charge in [-0.15, -0.1) is 0 Å². The summed E-state index contributed by atoms with van der Waals surface area (Å²) in [5.41, 5.74) is 2.83. The van der Waals surface area contributed by atoms with E-state index in [0.29, 0.717) is 32.1 Å². The number of hydrogen-bond acceptors (Lipinski definition) is 4. The van der Waals surface area contributed by atoms with Gasteiger partial charge in [-0.2, -0.15) is 0 Å². The molecule has 2 fully saturated rings. The van der Waals surface area contributed by atoms with Crippen LogP contribution >= 0.6 is 0 Å².